The van der Waals surface area contributed by atoms with E-state index in [2.05, 4.69) is 25.7 Å². The van der Waals surface area contributed by atoms with Crippen molar-refractivity contribution in [2.45, 2.75) is 25.3 Å². The molecule has 0 aliphatic heterocycles. The summed E-state index contributed by atoms with van der Waals surface area (Å²) in [5, 5.41) is 19.4. The van der Waals surface area contributed by atoms with Crippen LogP contribution in [0.2, 0.25) is 0 Å². The van der Waals surface area contributed by atoms with Crippen LogP contribution in [0.5, 0.6) is 0 Å². The number of nitrogens with one attached hydrogen (secondary N) is 1. The fraction of sp³-hybridized carbons (Fsp3) is 0.200. The normalized spacial score (nSPS) is 13.5. The lowest BCUT2D eigenvalue weighted by molar-refractivity contribution is -0.117. The molecule has 3 aromatic heterocycles. The van der Waals surface area contributed by atoms with Crippen LogP contribution in [0.15, 0.2) is 59.7 Å². The van der Waals surface area contributed by atoms with Gasteiger partial charge in [0.2, 0.25) is 5.91 Å². The van der Waals surface area contributed by atoms with Crippen LogP contribution in [-0.4, -0.2) is 35.5 Å². The van der Waals surface area contributed by atoms with Crippen molar-refractivity contribution in [3.8, 4) is 11.3 Å². The number of rotatable bonds is 5. The average molecular weight is 387 g/mol. The zero-order valence-corrected chi connectivity index (χ0v) is 15.4. The molecule has 29 heavy (non-hydrogen) atoms. The summed E-state index contributed by atoms with van der Waals surface area (Å²) in [4.78, 5) is 24.5. The summed E-state index contributed by atoms with van der Waals surface area (Å²) >= 11 is 0. The minimum absolute atomic E-state index is 0.130. The molecule has 0 atom stereocenters. The minimum Gasteiger partial charge on any atom is -0.324 e. The van der Waals surface area contributed by atoms with E-state index in [4.69, 9.17) is 0 Å². The second-order valence-corrected chi connectivity index (χ2v) is 7.01. The largest absolute Gasteiger partial charge is 0.324 e. The predicted molar refractivity (Wildman–Crippen MR) is 105 cm³/mol. The van der Waals surface area contributed by atoms with Crippen molar-refractivity contribution in [1.29, 1.82) is 0 Å². The average Bonchev–Trinajstić information content (AvgIpc) is 3.46. The molecule has 3 heterocycles. The van der Waals surface area contributed by atoms with Gasteiger partial charge in [-0.15, -0.1) is 10.2 Å². The summed E-state index contributed by atoms with van der Waals surface area (Å²) < 4.78 is 2.81. The van der Waals surface area contributed by atoms with Crippen LogP contribution < -0.4 is 10.9 Å². The number of hydrogen-bond acceptors (Lipinski definition) is 6. The number of hydrogen-bond donors (Lipinski definition) is 1. The molecule has 1 aromatic carbocycles. The maximum atomic E-state index is 12.5. The third kappa shape index (κ3) is 3.62. The molecule has 144 valence electrons. The van der Waals surface area contributed by atoms with Gasteiger partial charge < -0.3 is 5.32 Å². The number of benzene rings is 1. The topological polar surface area (TPSA) is 107 Å². The van der Waals surface area contributed by atoms with Gasteiger partial charge in [-0.1, -0.05) is 12.1 Å². The molecule has 4 aromatic rings. The highest BCUT2D eigenvalue weighted by atomic mass is 16.2. The number of carbonyl (C=O) groups excluding carboxylic acids is 1. The molecule has 5 rings (SSSR count). The van der Waals surface area contributed by atoms with Crippen LogP contribution in [0.1, 0.15) is 24.5 Å². The number of aromatic nitrogens is 6. The lowest BCUT2D eigenvalue weighted by Gasteiger charge is -2.09. The Balaban J connectivity index is 1.34. The van der Waals surface area contributed by atoms with E-state index in [1.165, 1.54) is 17.1 Å². The van der Waals surface area contributed by atoms with Crippen LogP contribution in [0.4, 0.5) is 5.69 Å². The second kappa shape index (κ2) is 6.93. The van der Waals surface area contributed by atoms with Gasteiger partial charge in [-0.05, 0) is 43.2 Å². The van der Waals surface area contributed by atoms with E-state index in [9.17, 15) is 9.59 Å². The summed E-state index contributed by atoms with van der Waals surface area (Å²) in [5.74, 6) is 0.101. The maximum Gasteiger partial charge on any atom is 0.267 e. The van der Waals surface area contributed by atoms with Crippen molar-refractivity contribution >= 4 is 17.2 Å². The van der Waals surface area contributed by atoms with Gasteiger partial charge in [-0.2, -0.15) is 14.7 Å². The SMILES string of the molecule is O=C(Cn1nc(C2CC2)ccc1=O)Nc1cccc(-c2ccc3nncn3n2)c1. The minimum atomic E-state index is -0.313. The van der Waals surface area contributed by atoms with E-state index in [1.807, 2.05) is 30.3 Å². The molecule has 1 saturated carbocycles. The maximum absolute atomic E-state index is 12.5. The number of amides is 1. The molecular formula is C20H17N7O2. The Labute approximate surface area is 165 Å². The molecule has 0 radical (unpaired) electrons. The molecule has 1 aliphatic rings. The van der Waals surface area contributed by atoms with E-state index in [0.29, 0.717) is 17.3 Å². The first-order valence-electron chi connectivity index (χ1n) is 9.31. The summed E-state index contributed by atoms with van der Waals surface area (Å²) in [7, 11) is 0. The first-order chi connectivity index (χ1) is 14.2. The molecule has 1 aliphatic carbocycles. The highest BCUT2D eigenvalue weighted by molar-refractivity contribution is 5.91. The summed E-state index contributed by atoms with van der Waals surface area (Å²) in [6, 6.07) is 14.2. The number of fused-ring (bicyclic) bond motifs is 1. The zero-order valence-electron chi connectivity index (χ0n) is 15.4. The van der Waals surface area contributed by atoms with Crippen LogP contribution >= 0.6 is 0 Å². The summed E-state index contributed by atoms with van der Waals surface area (Å²) in [6.45, 7) is -0.130. The summed E-state index contributed by atoms with van der Waals surface area (Å²) in [5.41, 5.74) is 3.42. The Morgan fingerprint density at radius 1 is 1.10 bits per heavy atom. The Morgan fingerprint density at radius 3 is 2.86 bits per heavy atom. The van der Waals surface area contributed by atoms with Gasteiger partial charge in [0.05, 0.1) is 11.4 Å². The van der Waals surface area contributed by atoms with Crippen molar-refractivity contribution in [3.63, 3.8) is 0 Å². The monoisotopic (exact) mass is 387 g/mol. The lowest BCUT2D eigenvalue weighted by atomic mass is 10.1. The third-order valence-electron chi connectivity index (χ3n) is 4.78. The van der Waals surface area contributed by atoms with Gasteiger partial charge in [0, 0.05) is 23.2 Å². The van der Waals surface area contributed by atoms with E-state index in [1.54, 1.807) is 16.6 Å². The first-order valence-corrected chi connectivity index (χ1v) is 9.31. The molecule has 0 unspecified atom stereocenters. The number of nitrogens with zero attached hydrogens (tertiary/aromatic N) is 6. The van der Waals surface area contributed by atoms with Crippen molar-refractivity contribution in [1.82, 2.24) is 29.6 Å². The van der Waals surface area contributed by atoms with Crippen LogP contribution in [0, 0.1) is 0 Å². The van der Waals surface area contributed by atoms with Crippen molar-refractivity contribution in [3.05, 3.63) is 70.9 Å². The third-order valence-corrected chi connectivity index (χ3v) is 4.78. The summed E-state index contributed by atoms with van der Waals surface area (Å²) in [6.07, 6.45) is 3.70. The fourth-order valence-electron chi connectivity index (χ4n) is 3.15. The van der Waals surface area contributed by atoms with Gasteiger partial charge >= 0.3 is 0 Å². The molecule has 0 spiro atoms. The van der Waals surface area contributed by atoms with Crippen LogP contribution in [0.3, 0.4) is 0 Å². The highest BCUT2D eigenvalue weighted by Gasteiger charge is 2.25. The van der Waals surface area contributed by atoms with Crippen molar-refractivity contribution in [2.24, 2.45) is 0 Å². The Bertz CT molecular complexity index is 1270. The lowest BCUT2D eigenvalue weighted by Crippen LogP contribution is -2.29. The molecule has 0 saturated heterocycles. The van der Waals surface area contributed by atoms with E-state index in [-0.39, 0.29) is 18.0 Å². The van der Waals surface area contributed by atoms with Gasteiger partial charge in [0.15, 0.2) is 5.65 Å². The Morgan fingerprint density at radius 2 is 2.00 bits per heavy atom. The van der Waals surface area contributed by atoms with Gasteiger partial charge in [0.25, 0.3) is 5.56 Å². The smallest absolute Gasteiger partial charge is 0.267 e. The van der Waals surface area contributed by atoms with Crippen LogP contribution in [0.25, 0.3) is 16.9 Å². The van der Waals surface area contributed by atoms with Gasteiger partial charge in [-0.25, -0.2) is 4.68 Å². The van der Waals surface area contributed by atoms with Crippen molar-refractivity contribution < 1.29 is 4.79 Å². The second-order valence-electron chi connectivity index (χ2n) is 7.01. The molecular weight excluding hydrogens is 370 g/mol. The molecule has 9 heteroatoms. The predicted octanol–water partition coefficient (Wildman–Crippen LogP) is 1.86. The van der Waals surface area contributed by atoms with E-state index < -0.39 is 0 Å². The van der Waals surface area contributed by atoms with E-state index >= 15 is 0 Å². The van der Waals surface area contributed by atoms with E-state index in [0.717, 1.165) is 29.8 Å². The quantitative estimate of drug-likeness (QED) is 0.560. The molecule has 1 amide bonds. The first kappa shape index (κ1) is 17.2. The standard InChI is InChI=1S/C20H17N7O2/c28-19(11-26-20(29)9-7-16(24-26)13-4-5-13)22-15-3-1-2-14(10-15)17-6-8-18-23-21-12-27(18)25-17/h1-3,6-10,12-13H,4-5,11H2,(H,22,28). The molecule has 9 nitrogen and oxygen atoms in total. The Hall–Kier alpha value is -3.88. The van der Waals surface area contributed by atoms with Crippen molar-refractivity contribution in [2.75, 3.05) is 5.32 Å². The number of carbonyl (C=O) groups is 1. The Kier molecular flexibility index (Phi) is 4.12. The van der Waals surface area contributed by atoms with Crippen LogP contribution in [-0.2, 0) is 11.3 Å². The zero-order chi connectivity index (χ0) is 19.8. The van der Waals surface area contributed by atoms with Gasteiger partial charge in [-0.3, -0.25) is 9.59 Å². The number of anilines is 1. The molecule has 1 N–H and O–H groups in total. The molecule has 1 fully saturated rings. The highest BCUT2D eigenvalue weighted by Crippen LogP contribution is 2.38. The molecule has 0 bridgehead atoms. The van der Waals surface area contributed by atoms with Gasteiger partial charge in [0.1, 0.15) is 12.9 Å². The fourth-order valence-corrected chi connectivity index (χ4v) is 3.15.